The topological polar surface area (TPSA) is 14.1 Å². The molecule has 0 saturated heterocycles. The second kappa shape index (κ2) is 5.44. The van der Waals surface area contributed by atoms with E-state index in [0.717, 1.165) is 0 Å². The molecule has 0 heterocycles. The molecule has 0 rings (SSSR count). The maximum absolute atomic E-state index is 5.51. The van der Waals surface area contributed by atoms with Crippen molar-refractivity contribution in [3.8, 4) is 0 Å². The van der Waals surface area contributed by atoms with Gasteiger partial charge in [-0.25, -0.2) is 0 Å². The number of nitrogens with zero attached hydrogens (tertiary/aromatic N) is 1. The van der Waals surface area contributed by atoms with Crippen molar-refractivity contribution in [1.82, 2.24) is 4.65 Å². The monoisotopic (exact) mass is 304 g/mol. The van der Waals surface area contributed by atoms with Crippen molar-refractivity contribution in [3.05, 3.63) is 0 Å². The van der Waals surface area contributed by atoms with Crippen LogP contribution in [0.3, 0.4) is 0 Å². The Morgan fingerprint density at radius 3 is 1.06 bits per heavy atom. The smallest absolute Gasteiger partial charge is 0.112 e. The van der Waals surface area contributed by atoms with Crippen LogP contribution in [0.1, 0.15) is 41.5 Å². The van der Waals surface area contributed by atoms with Gasteiger partial charge in [0.05, 0.1) is 0 Å². The molecule has 0 unspecified atom stereocenters. The molecule has 1 nitrogen and oxygen atoms in total. The lowest BCUT2D eigenvalue weighted by Crippen LogP contribution is -2.62. The number of hydrogen-bond acceptors (Lipinski definition) is 0. The molecule has 0 aromatic heterocycles. The highest BCUT2D eigenvalue weighted by molar-refractivity contribution is 7.33. The Balaban J connectivity index is 4.59. The van der Waals surface area contributed by atoms with Gasteiger partial charge in [0.1, 0.15) is 15.5 Å². The van der Waals surface area contributed by atoms with E-state index >= 15 is 0 Å². The Morgan fingerprint density at radius 1 is 0.647 bits per heavy atom. The summed E-state index contributed by atoms with van der Waals surface area (Å²) in [6.07, 6.45) is 0. The molecule has 0 aliphatic heterocycles. The van der Waals surface area contributed by atoms with E-state index in [9.17, 15) is 0 Å². The fourth-order valence-corrected chi connectivity index (χ4v) is 42.6. The molecule has 0 atom stereocenters. The minimum atomic E-state index is -1.21. The summed E-state index contributed by atoms with van der Waals surface area (Å²) in [5, 5.41) is 1.15. The zero-order valence-electron chi connectivity index (χ0n) is 13.9. The second-order valence-electron chi connectivity index (χ2n) is 9.21. The molecule has 0 aromatic carbocycles. The van der Waals surface area contributed by atoms with Crippen LogP contribution in [0.4, 0.5) is 0 Å². The molecule has 0 fully saturated rings. The predicted octanol–water partition coefficient (Wildman–Crippen LogP) is 2.77. The summed E-state index contributed by atoms with van der Waals surface area (Å²) in [6, 6.07) is 0. The molecule has 0 aliphatic rings. The van der Waals surface area contributed by atoms with Crippen LogP contribution in [-0.2, 0) is 0 Å². The third-order valence-electron chi connectivity index (χ3n) is 2.53. The Morgan fingerprint density at radius 2 is 0.882 bits per heavy atom. The minimum Gasteiger partial charge on any atom is -0.301 e. The zero-order chi connectivity index (χ0) is 14.1. The molecule has 17 heavy (non-hydrogen) atoms. The molecule has 5 heteroatoms. The maximum atomic E-state index is 5.51. The first-order valence-corrected chi connectivity index (χ1v) is 18.8. The zero-order valence-corrected chi connectivity index (χ0v) is 18.7. The Kier molecular flexibility index (Phi) is 5.71. The van der Waals surface area contributed by atoms with Crippen molar-refractivity contribution in [3.63, 3.8) is 0 Å². The summed E-state index contributed by atoms with van der Waals surface area (Å²) in [4.78, 5) is 0. The van der Waals surface area contributed by atoms with E-state index in [4.69, 9.17) is 4.65 Å². The van der Waals surface area contributed by atoms with Crippen molar-refractivity contribution in [2.75, 3.05) is 0 Å². The first-order chi connectivity index (χ1) is 7.12. The van der Waals surface area contributed by atoms with Crippen LogP contribution < -0.4 is 4.65 Å². The molecular formula is C12H34NSi4. The van der Waals surface area contributed by atoms with E-state index in [1.807, 2.05) is 0 Å². The van der Waals surface area contributed by atoms with E-state index in [1.54, 1.807) is 0 Å². The first kappa shape index (κ1) is 17.8. The quantitative estimate of drug-likeness (QED) is 0.709. The fourth-order valence-electron chi connectivity index (χ4n) is 3.49. The Labute approximate surface area is 116 Å². The fraction of sp³-hybridized carbons (Fsp3) is 1.00. The van der Waals surface area contributed by atoms with Gasteiger partial charge in [0.15, 0.2) is 0 Å². The molecule has 0 saturated carbocycles. The maximum Gasteiger partial charge on any atom is 0.112 e. The van der Waals surface area contributed by atoms with Crippen LogP contribution >= 0.6 is 0 Å². The van der Waals surface area contributed by atoms with Gasteiger partial charge in [-0.1, -0.05) is 67.7 Å². The molecule has 0 N–H and O–H groups in total. The van der Waals surface area contributed by atoms with Crippen molar-refractivity contribution >= 4 is 33.6 Å². The van der Waals surface area contributed by atoms with Gasteiger partial charge in [-0.3, -0.25) is 0 Å². The normalized spacial score (nSPS) is 16.6. The average molecular weight is 305 g/mol. The molecule has 0 aromatic rings. The van der Waals surface area contributed by atoms with Gasteiger partial charge in [-0.05, 0) is 10.1 Å². The van der Waals surface area contributed by atoms with Gasteiger partial charge >= 0.3 is 0 Å². The SMILES string of the molecule is CC(C)(C)[SiH2][Si](C)(C)[N][Si](C)(C)[SiH2]C(C)(C)C. The van der Waals surface area contributed by atoms with Crippen LogP contribution in [0.2, 0.25) is 36.3 Å². The van der Waals surface area contributed by atoms with Gasteiger partial charge in [0, 0.05) is 18.1 Å². The largest absolute Gasteiger partial charge is 0.301 e. The summed E-state index contributed by atoms with van der Waals surface area (Å²) < 4.78 is 5.51. The van der Waals surface area contributed by atoms with Crippen LogP contribution in [0, 0.1) is 0 Å². The standard InChI is InChI=1S/C12H34NSi4/c1-11(2,3)14-16(7,8)13-17(9,10)15-12(4,5)6/h14-15H2,1-10H3. The minimum absolute atomic E-state index is 0.0262. The Hall–Kier alpha value is 0.828. The third-order valence-corrected chi connectivity index (χ3v) is 25.6. The van der Waals surface area contributed by atoms with E-state index in [0.29, 0.717) is 10.1 Å². The average Bonchev–Trinajstić information content (AvgIpc) is 1.65. The number of hydrogen-bond donors (Lipinski definition) is 0. The van der Waals surface area contributed by atoms with Crippen LogP contribution in [0.15, 0.2) is 0 Å². The van der Waals surface area contributed by atoms with Crippen LogP contribution in [0.5, 0.6) is 0 Å². The van der Waals surface area contributed by atoms with Gasteiger partial charge in [0.2, 0.25) is 0 Å². The van der Waals surface area contributed by atoms with Crippen molar-refractivity contribution < 1.29 is 0 Å². The summed E-state index contributed by atoms with van der Waals surface area (Å²) in [5.74, 6) is 0. The highest BCUT2D eigenvalue weighted by atomic mass is 29.2. The predicted molar refractivity (Wildman–Crippen MR) is 93.6 cm³/mol. The van der Waals surface area contributed by atoms with Crippen molar-refractivity contribution in [2.45, 2.75) is 77.8 Å². The lowest BCUT2D eigenvalue weighted by molar-refractivity contribution is 0.759. The molecule has 0 aliphatic carbocycles. The van der Waals surface area contributed by atoms with Gasteiger partial charge in [0.25, 0.3) is 0 Å². The third kappa shape index (κ3) is 10.4. The van der Waals surface area contributed by atoms with E-state index < -0.39 is 15.5 Å². The molecule has 0 spiro atoms. The molecular weight excluding hydrogens is 270 g/mol. The summed E-state index contributed by atoms with van der Waals surface area (Å²) in [5.41, 5.74) is 0. The second-order valence-corrected chi connectivity index (χ2v) is 34.8. The molecule has 103 valence electrons. The van der Waals surface area contributed by atoms with Crippen molar-refractivity contribution in [2.24, 2.45) is 0 Å². The number of rotatable bonds is 4. The molecule has 1 radical (unpaired) electrons. The summed E-state index contributed by atoms with van der Waals surface area (Å²) in [7, 11) is -2.48. The summed E-state index contributed by atoms with van der Waals surface area (Å²) in [6.45, 7) is 24.6. The lowest BCUT2D eigenvalue weighted by atomic mass is 10.3. The van der Waals surface area contributed by atoms with Gasteiger partial charge in [-0.2, -0.15) is 0 Å². The molecule has 0 amide bonds. The van der Waals surface area contributed by atoms with Crippen LogP contribution in [0.25, 0.3) is 0 Å². The van der Waals surface area contributed by atoms with E-state index in [1.165, 1.54) is 0 Å². The molecule has 0 bridgehead atoms. The Bertz CT molecular complexity index is 222. The highest BCUT2D eigenvalue weighted by Gasteiger charge is 2.37. The van der Waals surface area contributed by atoms with Crippen LogP contribution in [-0.4, -0.2) is 33.6 Å². The van der Waals surface area contributed by atoms with E-state index in [2.05, 4.69) is 67.7 Å². The van der Waals surface area contributed by atoms with Gasteiger partial charge < -0.3 is 4.65 Å². The summed E-state index contributed by atoms with van der Waals surface area (Å²) >= 11 is 0. The van der Waals surface area contributed by atoms with E-state index in [-0.39, 0.29) is 18.1 Å². The first-order valence-electron chi connectivity index (χ1n) is 6.86. The van der Waals surface area contributed by atoms with Crippen molar-refractivity contribution in [1.29, 1.82) is 0 Å². The highest BCUT2D eigenvalue weighted by Crippen LogP contribution is 2.28. The lowest BCUT2D eigenvalue weighted by Gasteiger charge is -2.38. The van der Waals surface area contributed by atoms with Gasteiger partial charge in [-0.15, -0.1) is 0 Å².